The van der Waals surface area contributed by atoms with Gasteiger partial charge < -0.3 is 14.8 Å². The zero-order chi connectivity index (χ0) is 17.6. The van der Waals surface area contributed by atoms with Gasteiger partial charge in [-0.2, -0.15) is 5.26 Å². The third-order valence-electron chi connectivity index (χ3n) is 2.77. The molecule has 0 aromatic heterocycles. The minimum atomic E-state index is -4.78. The summed E-state index contributed by atoms with van der Waals surface area (Å²) in [6.07, 6.45) is -4.78. The summed E-state index contributed by atoms with van der Waals surface area (Å²) in [5.74, 6) is -0.416. The predicted molar refractivity (Wildman–Crippen MR) is 78.6 cm³/mol. The molecule has 1 amide bonds. The molecule has 0 aliphatic rings. The summed E-state index contributed by atoms with van der Waals surface area (Å²) < 4.78 is 45.0. The van der Waals surface area contributed by atoms with Crippen molar-refractivity contribution in [2.24, 2.45) is 0 Å². The number of nitriles is 1. The molecule has 24 heavy (non-hydrogen) atoms. The Hall–Kier alpha value is -3.21. The molecule has 124 valence electrons. The van der Waals surface area contributed by atoms with Crippen LogP contribution in [0.3, 0.4) is 0 Å². The van der Waals surface area contributed by atoms with E-state index in [-0.39, 0.29) is 12.2 Å². The second-order valence-corrected chi connectivity index (χ2v) is 4.50. The highest BCUT2D eigenvalue weighted by Crippen LogP contribution is 2.23. The molecule has 0 aliphatic heterocycles. The lowest BCUT2D eigenvalue weighted by molar-refractivity contribution is -0.274. The monoisotopic (exact) mass is 336 g/mol. The van der Waals surface area contributed by atoms with Crippen molar-refractivity contribution >= 4 is 11.6 Å². The topological polar surface area (TPSA) is 71.3 Å². The fourth-order valence-electron chi connectivity index (χ4n) is 1.76. The van der Waals surface area contributed by atoms with Gasteiger partial charge in [-0.25, -0.2) is 0 Å². The van der Waals surface area contributed by atoms with Crippen LogP contribution in [0.1, 0.15) is 10.4 Å². The van der Waals surface area contributed by atoms with Crippen molar-refractivity contribution in [2.45, 2.75) is 6.36 Å². The van der Waals surface area contributed by atoms with Gasteiger partial charge in [-0.05, 0) is 48.5 Å². The van der Waals surface area contributed by atoms with Gasteiger partial charge in [0.05, 0.1) is 0 Å². The Bertz CT molecular complexity index is 735. The van der Waals surface area contributed by atoms with E-state index in [2.05, 4.69) is 10.1 Å². The summed E-state index contributed by atoms with van der Waals surface area (Å²) in [6, 6.07) is 12.7. The fourth-order valence-corrected chi connectivity index (χ4v) is 1.76. The smallest absolute Gasteiger partial charge is 0.479 e. The number of benzene rings is 2. The first-order valence-corrected chi connectivity index (χ1v) is 6.64. The molecular weight excluding hydrogens is 325 g/mol. The number of alkyl halides is 3. The summed E-state index contributed by atoms with van der Waals surface area (Å²) in [5, 5.41) is 11.0. The van der Waals surface area contributed by atoms with Gasteiger partial charge in [0.1, 0.15) is 17.6 Å². The number of halogens is 3. The first-order valence-electron chi connectivity index (χ1n) is 6.64. The average Bonchev–Trinajstić information content (AvgIpc) is 2.53. The molecule has 0 fully saturated rings. The Labute approximate surface area is 135 Å². The maximum atomic E-state index is 12.1. The normalized spacial score (nSPS) is 10.6. The van der Waals surface area contributed by atoms with E-state index >= 15 is 0 Å². The first-order chi connectivity index (χ1) is 11.4. The Morgan fingerprint density at radius 3 is 2.17 bits per heavy atom. The molecule has 0 saturated heterocycles. The molecule has 0 bridgehead atoms. The standard InChI is InChI=1S/C16H11F3N2O3/c17-16(18,19)24-14-5-1-11(2-6-14)15(22)21-12-3-7-13(8-4-12)23-10-9-20/h1-8H,10H2,(H,21,22). The van der Waals surface area contributed by atoms with Gasteiger partial charge in [-0.3, -0.25) is 4.79 Å². The van der Waals surface area contributed by atoms with Crippen LogP contribution in [0.2, 0.25) is 0 Å². The lowest BCUT2D eigenvalue weighted by Gasteiger charge is -2.10. The third-order valence-corrected chi connectivity index (χ3v) is 2.77. The molecule has 0 atom stereocenters. The maximum Gasteiger partial charge on any atom is 0.573 e. The van der Waals surface area contributed by atoms with Crippen LogP contribution in [0.25, 0.3) is 0 Å². The van der Waals surface area contributed by atoms with Crippen molar-refractivity contribution in [3.05, 3.63) is 54.1 Å². The van der Waals surface area contributed by atoms with Crippen molar-refractivity contribution in [1.82, 2.24) is 0 Å². The van der Waals surface area contributed by atoms with Crippen LogP contribution >= 0.6 is 0 Å². The van der Waals surface area contributed by atoms with E-state index in [9.17, 15) is 18.0 Å². The highest BCUT2D eigenvalue weighted by Gasteiger charge is 2.31. The zero-order valence-electron chi connectivity index (χ0n) is 12.1. The highest BCUT2D eigenvalue weighted by molar-refractivity contribution is 6.04. The van der Waals surface area contributed by atoms with Crippen LogP contribution < -0.4 is 14.8 Å². The van der Waals surface area contributed by atoms with Crippen LogP contribution in [0.5, 0.6) is 11.5 Å². The molecule has 0 aliphatic carbocycles. The Kier molecular flexibility index (Phi) is 5.27. The number of nitrogens with zero attached hydrogens (tertiary/aromatic N) is 1. The van der Waals surface area contributed by atoms with E-state index in [1.807, 2.05) is 6.07 Å². The molecule has 0 saturated carbocycles. The number of anilines is 1. The van der Waals surface area contributed by atoms with E-state index in [4.69, 9.17) is 10.00 Å². The van der Waals surface area contributed by atoms with Crippen molar-refractivity contribution in [3.63, 3.8) is 0 Å². The second kappa shape index (κ2) is 7.37. The van der Waals surface area contributed by atoms with Gasteiger partial charge >= 0.3 is 6.36 Å². The Morgan fingerprint density at radius 2 is 1.62 bits per heavy atom. The van der Waals surface area contributed by atoms with Crippen LogP contribution in [0.4, 0.5) is 18.9 Å². The quantitative estimate of drug-likeness (QED) is 0.903. The third kappa shape index (κ3) is 5.21. The number of nitrogens with one attached hydrogen (secondary N) is 1. The van der Waals surface area contributed by atoms with Crippen molar-refractivity contribution < 1.29 is 27.4 Å². The van der Waals surface area contributed by atoms with Gasteiger partial charge in [0.15, 0.2) is 6.61 Å². The Morgan fingerprint density at radius 1 is 1.04 bits per heavy atom. The van der Waals surface area contributed by atoms with E-state index in [0.717, 1.165) is 12.1 Å². The van der Waals surface area contributed by atoms with Crippen LogP contribution in [-0.2, 0) is 0 Å². The van der Waals surface area contributed by atoms with E-state index in [0.29, 0.717) is 11.4 Å². The van der Waals surface area contributed by atoms with E-state index in [1.165, 1.54) is 12.1 Å². The van der Waals surface area contributed by atoms with Gasteiger partial charge in [0.25, 0.3) is 5.91 Å². The number of hydrogen-bond acceptors (Lipinski definition) is 4. The minimum Gasteiger partial charge on any atom is -0.479 e. The van der Waals surface area contributed by atoms with Crippen molar-refractivity contribution in [2.75, 3.05) is 11.9 Å². The van der Waals surface area contributed by atoms with Crippen LogP contribution in [0.15, 0.2) is 48.5 Å². The summed E-state index contributed by atoms with van der Waals surface area (Å²) in [6.45, 7) is -0.0853. The van der Waals surface area contributed by atoms with Crippen molar-refractivity contribution in [1.29, 1.82) is 5.26 Å². The molecule has 2 rings (SSSR count). The SMILES string of the molecule is N#CCOc1ccc(NC(=O)c2ccc(OC(F)(F)F)cc2)cc1. The minimum absolute atomic E-state index is 0.0853. The molecule has 0 spiro atoms. The highest BCUT2D eigenvalue weighted by atomic mass is 19.4. The molecule has 5 nitrogen and oxygen atoms in total. The maximum absolute atomic E-state index is 12.1. The number of rotatable bonds is 5. The van der Waals surface area contributed by atoms with Gasteiger partial charge in [0, 0.05) is 11.3 Å². The van der Waals surface area contributed by atoms with Gasteiger partial charge in [-0.1, -0.05) is 0 Å². The van der Waals surface area contributed by atoms with Crippen LogP contribution in [0, 0.1) is 11.3 Å². The van der Waals surface area contributed by atoms with E-state index < -0.39 is 18.0 Å². The molecule has 0 unspecified atom stereocenters. The van der Waals surface area contributed by atoms with Crippen LogP contribution in [-0.4, -0.2) is 18.9 Å². The molecule has 0 radical (unpaired) electrons. The number of carbonyl (C=O) groups excluding carboxylic acids is 1. The molecule has 2 aromatic carbocycles. The van der Waals surface area contributed by atoms with Crippen molar-refractivity contribution in [3.8, 4) is 17.6 Å². The second-order valence-electron chi connectivity index (χ2n) is 4.50. The average molecular weight is 336 g/mol. The molecular formula is C16H11F3N2O3. The number of carbonyl (C=O) groups is 1. The lowest BCUT2D eigenvalue weighted by atomic mass is 10.2. The summed E-state index contributed by atoms with van der Waals surface area (Å²) in [5.41, 5.74) is 0.647. The largest absolute Gasteiger partial charge is 0.573 e. The molecule has 1 N–H and O–H groups in total. The number of amides is 1. The predicted octanol–water partition coefficient (Wildman–Crippen LogP) is 3.74. The fraction of sp³-hybridized carbons (Fsp3) is 0.125. The van der Waals surface area contributed by atoms with Gasteiger partial charge in [-0.15, -0.1) is 13.2 Å². The van der Waals surface area contributed by atoms with E-state index in [1.54, 1.807) is 24.3 Å². The summed E-state index contributed by atoms with van der Waals surface area (Å²) in [7, 11) is 0. The summed E-state index contributed by atoms with van der Waals surface area (Å²) >= 11 is 0. The number of hydrogen-bond donors (Lipinski definition) is 1. The molecule has 8 heteroatoms. The lowest BCUT2D eigenvalue weighted by Crippen LogP contribution is -2.17. The molecule has 2 aromatic rings. The first kappa shape index (κ1) is 17.1. The molecule has 0 heterocycles. The summed E-state index contributed by atoms with van der Waals surface area (Å²) in [4.78, 5) is 12.0. The number of ether oxygens (including phenoxy) is 2. The van der Waals surface area contributed by atoms with Gasteiger partial charge in [0.2, 0.25) is 0 Å². The Balaban J connectivity index is 1.98. The zero-order valence-corrected chi connectivity index (χ0v) is 12.1.